The fourth-order valence-corrected chi connectivity index (χ4v) is 2.39. The summed E-state index contributed by atoms with van der Waals surface area (Å²) in [5.41, 5.74) is -0.136. The average molecular weight is 373 g/mol. The van der Waals surface area contributed by atoms with Gasteiger partial charge in [-0.05, 0) is 27.2 Å². The predicted octanol–water partition coefficient (Wildman–Crippen LogP) is 4.74. The molecular weight excluding hydrogens is 346 g/mol. The Kier molecular flexibility index (Phi) is 8.41. The van der Waals surface area contributed by atoms with Gasteiger partial charge in [0.15, 0.2) is 11.5 Å². The highest BCUT2D eigenvalue weighted by atomic mass is 16.7. The van der Waals surface area contributed by atoms with Crippen LogP contribution in [0.25, 0.3) is 0 Å². The zero-order valence-corrected chi connectivity index (χ0v) is 16.6. The Bertz CT molecular complexity index is 740. The van der Waals surface area contributed by atoms with E-state index in [1.54, 1.807) is 20.8 Å². The number of unbranched alkanes of at least 4 members (excludes halogenated alkanes) is 3. The minimum Gasteiger partial charge on any atom is -0.493 e. The van der Waals surface area contributed by atoms with E-state index >= 15 is 0 Å². The Hall–Kier alpha value is -2.93. The smallest absolute Gasteiger partial charge is 0.493 e. The second-order valence-corrected chi connectivity index (χ2v) is 6.98. The molecule has 0 radical (unpaired) electrons. The molecule has 7 nitrogen and oxygen atoms in total. The van der Waals surface area contributed by atoms with E-state index in [0.29, 0.717) is 12.2 Å². The fourth-order valence-electron chi connectivity index (χ4n) is 2.39. The minimum atomic E-state index is -0.948. The zero-order chi connectivity index (χ0) is 20.4. The molecule has 0 amide bonds. The SMILES string of the molecule is CCCCCCNc1c(C#N)cc(OC)c(OC(=O)OC(C)(C)C)c1C#N. The van der Waals surface area contributed by atoms with Crippen LogP contribution in [0, 0.1) is 22.7 Å². The van der Waals surface area contributed by atoms with Crippen molar-refractivity contribution < 1.29 is 19.0 Å². The predicted molar refractivity (Wildman–Crippen MR) is 102 cm³/mol. The monoisotopic (exact) mass is 373 g/mol. The number of benzene rings is 1. The van der Waals surface area contributed by atoms with E-state index in [9.17, 15) is 15.3 Å². The Morgan fingerprint density at radius 3 is 2.41 bits per heavy atom. The van der Waals surface area contributed by atoms with Crippen LogP contribution in [0.15, 0.2) is 6.07 Å². The molecule has 0 saturated carbocycles. The molecule has 0 fully saturated rings. The molecule has 27 heavy (non-hydrogen) atoms. The van der Waals surface area contributed by atoms with E-state index in [1.807, 2.05) is 6.07 Å². The first-order chi connectivity index (χ1) is 12.8. The number of nitrogens with one attached hydrogen (secondary N) is 1. The molecule has 0 unspecified atom stereocenters. The molecule has 0 bridgehead atoms. The summed E-state index contributed by atoms with van der Waals surface area (Å²) in [5.74, 6) is 0.0507. The largest absolute Gasteiger partial charge is 0.514 e. The summed E-state index contributed by atoms with van der Waals surface area (Å²) in [4.78, 5) is 12.1. The Labute approximate surface area is 160 Å². The van der Waals surface area contributed by atoms with Gasteiger partial charge < -0.3 is 19.5 Å². The van der Waals surface area contributed by atoms with E-state index in [-0.39, 0.29) is 22.6 Å². The van der Waals surface area contributed by atoms with Gasteiger partial charge in [0.1, 0.15) is 23.3 Å². The second-order valence-electron chi connectivity index (χ2n) is 6.98. The standard InChI is InChI=1S/C20H27N3O4/c1-6-7-8-9-10-23-17-14(12-21)11-16(25-5)18(15(17)13-22)26-19(24)27-20(2,3)4/h11,23H,6-10H2,1-5H3. The molecule has 1 aromatic rings. The van der Waals surface area contributed by atoms with E-state index in [4.69, 9.17) is 14.2 Å². The molecule has 1 N–H and O–H groups in total. The van der Waals surface area contributed by atoms with Gasteiger partial charge in [-0.3, -0.25) is 0 Å². The summed E-state index contributed by atoms with van der Waals surface area (Å²) in [6.07, 6.45) is 3.23. The molecule has 1 rings (SSSR count). The molecule has 1 aromatic carbocycles. The van der Waals surface area contributed by atoms with Crippen LogP contribution in [0.1, 0.15) is 64.5 Å². The lowest BCUT2D eigenvalue weighted by molar-refractivity contribution is 0.0200. The third kappa shape index (κ3) is 6.71. The molecule has 7 heteroatoms. The number of anilines is 1. The van der Waals surface area contributed by atoms with Crippen molar-refractivity contribution in [3.63, 3.8) is 0 Å². The second kappa shape index (κ2) is 10.3. The minimum absolute atomic E-state index is 0.0345. The molecule has 0 heterocycles. The number of nitriles is 2. The summed E-state index contributed by atoms with van der Waals surface area (Å²) in [6, 6.07) is 5.50. The number of carbonyl (C=O) groups is 1. The molecule has 0 aliphatic rings. The van der Waals surface area contributed by atoms with Crippen molar-refractivity contribution in [2.45, 2.75) is 59.0 Å². The lowest BCUT2D eigenvalue weighted by atomic mass is 10.1. The van der Waals surface area contributed by atoms with Crippen molar-refractivity contribution in [1.29, 1.82) is 10.5 Å². The number of carbonyl (C=O) groups excluding carboxylic acids is 1. The molecule has 0 atom stereocenters. The molecule has 146 valence electrons. The van der Waals surface area contributed by atoms with Crippen LogP contribution in [-0.4, -0.2) is 25.4 Å². The van der Waals surface area contributed by atoms with Gasteiger partial charge in [0.25, 0.3) is 0 Å². The van der Waals surface area contributed by atoms with Crippen LogP contribution in [0.3, 0.4) is 0 Å². The summed E-state index contributed by atoms with van der Waals surface area (Å²) in [5, 5.41) is 22.2. The maximum Gasteiger partial charge on any atom is 0.514 e. The first-order valence-electron chi connectivity index (χ1n) is 8.97. The lowest BCUT2D eigenvalue weighted by Crippen LogP contribution is -2.26. The van der Waals surface area contributed by atoms with E-state index in [1.165, 1.54) is 13.2 Å². The fraction of sp³-hybridized carbons (Fsp3) is 0.550. The third-order valence-electron chi connectivity index (χ3n) is 3.60. The number of methoxy groups -OCH3 is 1. The molecular formula is C20H27N3O4. The Morgan fingerprint density at radius 1 is 1.19 bits per heavy atom. The topological polar surface area (TPSA) is 104 Å². The van der Waals surface area contributed by atoms with Gasteiger partial charge in [-0.25, -0.2) is 4.79 Å². The van der Waals surface area contributed by atoms with E-state index < -0.39 is 11.8 Å². The maximum absolute atomic E-state index is 12.1. The van der Waals surface area contributed by atoms with E-state index in [0.717, 1.165) is 25.7 Å². The third-order valence-corrected chi connectivity index (χ3v) is 3.60. The highest BCUT2D eigenvalue weighted by Gasteiger charge is 2.25. The highest BCUT2D eigenvalue weighted by Crippen LogP contribution is 2.39. The summed E-state index contributed by atoms with van der Waals surface area (Å²) < 4.78 is 15.6. The van der Waals surface area contributed by atoms with Gasteiger partial charge in [0, 0.05) is 12.6 Å². The number of ether oxygens (including phenoxy) is 3. The van der Waals surface area contributed by atoms with Crippen LogP contribution in [0.5, 0.6) is 11.5 Å². The van der Waals surface area contributed by atoms with Gasteiger partial charge in [0.05, 0.1) is 18.4 Å². The van der Waals surface area contributed by atoms with Crippen molar-refractivity contribution >= 4 is 11.8 Å². The highest BCUT2D eigenvalue weighted by molar-refractivity contribution is 5.78. The summed E-state index contributed by atoms with van der Waals surface area (Å²) in [6.45, 7) is 7.84. The molecule has 0 aliphatic heterocycles. The number of hydrogen-bond donors (Lipinski definition) is 1. The molecule has 0 spiro atoms. The summed E-state index contributed by atoms with van der Waals surface area (Å²) in [7, 11) is 1.37. The zero-order valence-electron chi connectivity index (χ0n) is 16.6. The van der Waals surface area contributed by atoms with Crippen molar-refractivity contribution in [3.05, 3.63) is 17.2 Å². The van der Waals surface area contributed by atoms with Crippen LogP contribution >= 0.6 is 0 Å². The quantitative estimate of drug-likeness (QED) is 0.398. The van der Waals surface area contributed by atoms with Gasteiger partial charge in [-0.15, -0.1) is 0 Å². The van der Waals surface area contributed by atoms with Gasteiger partial charge >= 0.3 is 6.16 Å². The number of nitrogens with zero attached hydrogens (tertiary/aromatic N) is 2. The Morgan fingerprint density at radius 2 is 1.89 bits per heavy atom. The Balaban J connectivity index is 3.21. The van der Waals surface area contributed by atoms with Crippen molar-refractivity contribution in [2.75, 3.05) is 19.0 Å². The maximum atomic E-state index is 12.1. The van der Waals surface area contributed by atoms with Crippen LogP contribution in [0.4, 0.5) is 10.5 Å². The summed E-state index contributed by atoms with van der Waals surface area (Å²) >= 11 is 0. The lowest BCUT2D eigenvalue weighted by Gasteiger charge is -2.20. The van der Waals surface area contributed by atoms with Crippen LogP contribution < -0.4 is 14.8 Å². The number of rotatable bonds is 8. The molecule has 0 aliphatic carbocycles. The first kappa shape index (κ1) is 22.1. The van der Waals surface area contributed by atoms with Gasteiger partial charge in [-0.1, -0.05) is 26.2 Å². The van der Waals surface area contributed by atoms with Gasteiger partial charge in [0.2, 0.25) is 0 Å². The molecule has 0 aromatic heterocycles. The molecule has 0 saturated heterocycles. The van der Waals surface area contributed by atoms with E-state index in [2.05, 4.69) is 18.3 Å². The van der Waals surface area contributed by atoms with Crippen molar-refractivity contribution in [3.8, 4) is 23.6 Å². The van der Waals surface area contributed by atoms with Crippen LogP contribution in [0.2, 0.25) is 0 Å². The van der Waals surface area contributed by atoms with Crippen LogP contribution in [-0.2, 0) is 4.74 Å². The first-order valence-corrected chi connectivity index (χ1v) is 8.97. The average Bonchev–Trinajstić information content (AvgIpc) is 2.59. The normalized spacial score (nSPS) is 10.5. The number of hydrogen-bond acceptors (Lipinski definition) is 7. The van der Waals surface area contributed by atoms with Gasteiger partial charge in [-0.2, -0.15) is 10.5 Å². The van der Waals surface area contributed by atoms with Crippen molar-refractivity contribution in [1.82, 2.24) is 0 Å². The van der Waals surface area contributed by atoms with Crippen molar-refractivity contribution in [2.24, 2.45) is 0 Å².